The van der Waals surface area contributed by atoms with Crippen LogP contribution in [0.15, 0.2) is 71.1 Å². The fourth-order valence-electron chi connectivity index (χ4n) is 4.46. The molecule has 3 aliphatic heterocycles. The van der Waals surface area contributed by atoms with E-state index in [-0.39, 0.29) is 11.9 Å². The Labute approximate surface area is 170 Å². The van der Waals surface area contributed by atoms with Gasteiger partial charge in [-0.15, -0.1) is 0 Å². The Kier molecular flexibility index (Phi) is 4.82. The van der Waals surface area contributed by atoms with Gasteiger partial charge in [0.05, 0.1) is 0 Å². The lowest BCUT2D eigenvalue weighted by atomic mass is 9.84. The van der Waals surface area contributed by atoms with Gasteiger partial charge in [-0.2, -0.15) is 0 Å². The first-order valence-electron chi connectivity index (χ1n) is 10.3. The molecule has 3 saturated heterocycles. The van der Waals surface area contributed by atoms with Crippen LogP contribution in [-0.2, 0) is 0 Å². The highest BCUT2D eigenvalue weighted by molar-refractivity contribution is 5.92. The minimum absolute atomic E-state index is 0.122. The van der Waals surface area contributed by atoms with E-state index in [4.69, 9.17) is 4.42 Å². The molecule has 2 bridgehead atoms. The lowest BCUT2D eigenvalue weighted by Crippen LogP contribution is -2.57. The lowest BCUT2D eigenvalue weighted by Gasteiger charge is -2.44. The summed E-state index contributed by atoms with van der Waals surface area (Å²) < 4.78 is 5.97. The van der Waals surface area contributed by atoms with Crippen molar-refractivity contribution in [2.45, 2.75) is 18.9 Å². The van der Waals surface area contributed by atoms with Gasteiger partial charge in [-0.05, 0) is 68.2 Å². The third-order valence-electron chi connectivity index (χ3n) is 6.05. The van der Waals surface area contributed by atoms with Gasteiger partial charge >= 0.3 is 0 Å². The summed E-state index contributed by atoms with van der Waals surface area (Å²) in [5.41, 5.74) is 2.88. The van der Waals surface area contributed by atoms with Gasteiger partial charge in [-0.25, -0.2) is 0 Å². The fraction of sp³-hybridized carbons (Fsp3) is 0.292. The van der Waals surface area contributed by atoms with Crippen LogP contribution in [0, 0.1) is 5.92 Å². The molecule has 5 nitrogen and oxygen atoms in total. The summed E-state index contributed by atoms with van der Waals surface area (Å²) >= 11 is 0. The number of fused-ring (bicyclic) bond motifs is 3. The van der Waals surface area contributed by atoms with Crippen molar-refractivity contribution in [3.05, 3.63) is 72.5 Å². The molecule has 0 spiro atoms. The van der Waals surface area contributed by atoms with Gasteiger partial charge in [0.1, 0.15) is 5.76 Å². The Morgan fingerprint density at radius 3 is 2.45 bits per heavy atom. The number of anilines is 2. The molecule has 1 atom stereocenters. The van der Waals surface area contributed by atoms with Crippen LogP contribution in [-0.4, -0.2) is 36.5 Å². The van der Waals surface area contributed by atoms with Crippen LogP contribution < -0.4 is 10.6 Å². The highest BCUT2D eigenvalue weighted by atomic mass is 16.3. The molecule has 3 aliphatic rings. The first-order chi connectivity index (χ1) is 14.3. The summed E-state index contributed by atoms with van der Waals surface area (Å²) in [6.45, 7) is 3.27. The molecule has 4 heterocycles. The average molecular weight is 387 g/mol. The van der Waals surface area contributed by atoms with Crippen LogP contribution in [0.5, 0.6) is 0 Å². The van der Waals surface area contributed by atoms with E-state index in [2.05, 4.69) is 15.5 Å². The second kappa shape index (κ2) is 7.76. The SMILES string of the molecule is O=C(NC1CN2CCC1CC2)c1ccc(-c2ccccc2Nc2ccccc2)o1. The Bertz CT molecular complexity index is 990. The summed E-state index contributed by atoms with van der Waals surface area (Å²) in [6.07, 6.45) is 2.35. The van der Waals surface area contributed by atoms with E-state index in [1.165, 1.54) is 12.8 Å². The molecule has 1 unspecified atom stereocenters. The summed E-state index contributed by atoms with van der Waals surface area (Å²) in [5.74, 6) is 1.52. The van der Waals surface area contributed by atoms with Crippen molar-refractivity contribution in [2.75, 3.05) is 25.0 Å². The molecule has 5 heteroatoms. The number of hydrogen-bond acceptors (Lipinski definition) is 4. The molecular weight excluding hydrogens is 362 g/mol. The topological polar surface area (TPSA) is 57.5 Å². The minimum Gasteiger partial charge on any atom is -0.451 e. The van der Waals surface area contributed by atoms with Crippen LogP contribution in [0.25, 0.3) is 11.3 Å². The maximum absolute atomic E-state index is 12.8. The fourth-order valence-corrected chi connectivity index (χ4v) is 4.46. The van der Waals surface area contributed by atoms with E-state index in [0.29, 0.717) is 17.4 Å². The molecule has 2 N–H and O–H groups in total. The first kappa shape index (κ1) is 18.0. The second-order valence-corrected chi connectivity index (χ2v) is 7.92. The van der Waals surface area contributed by atoms with Crippen molar-refractivity contribution in [2.24, 2.45) is 5.92 Å². The average Bonchev–Trinajstić information content (AvgIpc) is 3.26. The van der Waals surface area contributed by atoms with E-state index in [1.54, 1.807) is 6.07 Å². The van der Waals surface area contributed by atoms with Crippen molar-refractivity contribution in [3.8, 4) is 11.3 Å². The van der Waals surface area contributed by atoms with Gasteiger partial charge in [0.2, 0.25) is 0 Å². The van der Waals surface area contributed by atoms with Crippen molar-refractivity contribution >= 4 is 17.3 Å². The molecular formula is C24H25N3O2. The quantitative estimate of drug-likeness (QED) is 0.676. The second-order valence-electron chi connectivity index (χ2n) is 7.92. The Morgan fingerprint density at radius 2 is 1.69 bits per heavy atom. The zero-order valence-electron chi connectivity index (χ0n) is 16.3. The lowest BCUT2D eigenvalue weighted by molar-refractivity contribution is 0.0606. The largest absolute Gasteiger partial charge is 0.451 e. The Morgan fingerprint density at radius 1 is 0.931 bits per heavy atom. The van der Waals surface area contributed by atoms with Crippen LogP contribution in [0.1, 0.15) is 23.4 Å². The molecule has 0 aliphatic carbocycles. The molecule has 1 aromatic heterocycles. The molecule has 1 amide bonds. The van der Waals surface area contributed by atoms with Crippen molar-refractivity contribution in [1.29, 1.82) is 0 Å². The van der Waals surface area contributed by atoms with Crippen molar-refractivity contribution in [3.63, 3.8) is 0 Å². The number of nitrogens with zero attached hydrogens (tertiary/aromatic N) is 1. The van der Waals surface area contributed by atoms with Gasteiger partial charge in [0.15, 0.2) is 5.76 Å². The molecule has 3 aromatic rings. The predicted molar refractivity (Wildman–Crippen MR) is 114 cm³/mol. The van der Waals surface area contributed by atoms with Crippen LogP contribution in [0.2, 0.25) is 0 Å². The van der Waals surface area contributed by atoms with E-state index < -0.39 is 0 Å². The Balaban J connectivity index is 1.33. The van der Waals surface area contributed by atoms with Crippen LogP contribution in [0.4, 0.5) is 11.4 Å². The van der Waals surface area contributed by atoms with Crippen molar-refractivity contribution < 1.29 is 9.21 Å². The molecule has 148 valence electrons. The molecule has 3 fully saturated rings. The smallest absolute Gasteiger partial charge is 0.287 e. The number of hydrogen-bond donors (Lipinski definition) is 2. The number of nitrogens with one attached hydrogen (secondary N) is 2. The predicted octanol–water partition coefficient (Wildman–Crippen LogP) is 4.51. The summed E-state index contributed by atoms with van der Waals surface area (Å²) in [5, 5.41) is 6.62. The number of carbonyl (C=O) groups excluding carboxylic acids is 1. The summed E-state index contributed by atoms with van der Waals surface area (Å²) in [4.78, 5) is 15.2. The summed E-state index contributed by atoms with van der Waals surface area (Å²) in [7, 11) is 0. The number of benzene rings is 2. The van der Waals surface area contributed by atoms with E-state index in [1.807, 2.05) is 60.7 Å². The van der Waals surface area contributed by atoms with Gasteiger partial charge in [-0.3, -0.25) is 4.79 Å². The van der Waals surface area contributed by atoms with Gasteiger partial charge in [-0.1, -0.05) is 30.3 Å². The molecule has 29 heavy (non-hydrogen) atoms. The standard InChI is InChI=1S/C24H25N3O2/c28-24(26-21-16-27-14-12-17(21)13-15-27)23-11-10-22(29-23)19-8-4-5-9-20(19)25-18-6-2-1-3-7-18/h1-11,17,21,25H,12-16H2,(H,26,28). The highest BCUT2D eigenvalue weighted by Gasteiger charge is 2.35. The zero-order valence-corrected chi connectivity index (χ0v) is 16.3. The zero-order chi connectivity index (χ0) is 19.6. The molecule has 6 rings (SSSR count). The maximum Gasteiger partial charge on any atom is 0.287 e. The van der Waals surface area contributed by atoms with Crippen LogP contribution in [0.3, 0.4) is 0 Å². The van der Waals surface area contributed by atoms with Crippen LogP contribution >= 0.6 is 0 Å². The van der Waals surface area contributed by atoms with Gasteiger partial charge < -0.3 is 20.0 Å². The van der Waals surface area contributed by atoms with E-state index >= 15 is 0 Å². The van der Waals surface area contributed by atoms with Crippen molar-refractivity contribution in [1.82, 2.24) is 10.2 Å². The first-order valence-corrected chi connectivity index (χ1v) is 10.3. The molecule has 2 aromatic carbocycles. The number of amides is 1. The van der Waals surface area contributed by atoms with Gasteiger partial charge in [0, 0.05) is 29.5 Å². The highest BCUT2D eigenvalue weighted by Crippen LogP contribution is 2.32. The molecule has 0 saturated carbocycles. The third-order valence-corrected chi connectivity index (χ3v) is 6.05. The summed E-state index contributed by atoms with van der Waals surface area (Å²) in [6, 6.07) is 21.9. The number of rotatable bonds is 5. The number of para-hydroxylation sites is 2. The normalized spacial score (nSPS) is 23.0. The number of furan rings is 1. The maximum atomic E-state index is 12.8. The van der Waals surface area contributed by atoms with E-state index in [0.717, 1.165) is 36.6 Å². The monoisotopic (exact) mass is 387 g/mol. The minimum atomic E-state index is -0.122. The van der Waals surface area contributed by atoms with E-state index in [9.17, 15) is 4.79 Å². The number of carbonyl (C=O) groups is 1. The Hall–Kier alpha value is -3.05. The molecule has 0 radical (unpaired) electrons. The number of piperidine rings is 3. The third kappa shape index (κ3) is 3.78. The van der Waals surface area contributed by atoms with Gasteiger partial charge in [0.25, 0.3) is 5.91 Å².